The van der Waals surface area contributed by atoms with E-state index in [4.69, 9.17) is 4.74 Å². The van der Waals surface area contributed by atoms with Crippen LogP contribution in [0.3, 0.4) is 0 Å². The van der Waals surface area contributed by atoms with Gasteiger partial charge in [0.05, 0.1) is 19.8 Å². The zero-order chi connectivity index (χ0) is 10.2. The fourth-order valence-electron chi connectivity index (χ4n) is 1.35. The Morgan fingerprint density at radius 1 is 1.43 bits per heavy atom. The minimum Gasteiger partial charge on any atom is -0.379 e. The van der Waals surface area contributed by atoms with E-state index in [0.29, 0.717) is 6.54 Å². The molecule has 14 heavy (non-hydrogen) atoms. The molecule has 0 spiro atoms. The molecule has 0 aliphatic carbocycles. The van der Waals surface area contributed by atoms with Crippen LogP contribution >= 0.6 is 0 Å². The van der Waals surface area contributed by atoms with Crippen LogP contribution in [0.1, 0.15) is 0 Å². The number of likely N-dealkylation sites (N-methyl/N-ethyl adjacent to an activating group) is 1. The molecule has 0 atom stereocenters. The van der Waals surface area contributed by atoms with Gasteiger partial charge in [-0.2, -0.15) is 0 Å². The molecule has 0 bridgehead atoms. The largest absolute Gasteiger partial charge is 0.379 e. The molecule has 1 rings (SSSR count). The molecule has 0 saturated carbocycles. The Bertz CT molecular complexity index is 169. The molecule has 1 fully saturated rings. The average Bonchev–Trinajstić information content (AvgIpc) is 2.25. The molecule has 0 aromatic rings. The van der Waals surface area contributed by atoms with Crippen LogP contribution in [0.2, 0.25) is 0 Å². The molecule has 0 aromatic carbocycles. The van der Waals surface area contributed by atoms with Gasteiger partial charge in [0.2, 0.25) is 5.91 Å². The minimum atomic E-state index is 0.0342. The molecular formula is C9H19N3O2. The van der Waals surface area contributed by atoms with E-state index in [1.165, 1.54) is 0 Å². The molecule has 1 amide bonds. The molecular weight excluding hydrogens is 182 g/mol. The SMILES string of the molecule is CNC(=O)CNCCN1CCOCC1. The number of hydrogen-bond donors (Lipinski definition) is 2. The summed E-state index contributed by atoms with van der Waals surface area (Å²) in [6.45, 7) is 5.91. The van der Waals surface area contributed by atoms with E-state index in [0.717, 1.165) is 39.4 Å². The highest BCUT2D eigenvalue weighted by Crippen LogP contribution is 1.94. The summed E-state index contributed by atoms with van der Waals surface area (Å²) in [5.74, 6) is 0.0342. The van der Waals surface area contributed by atoms with Crippen LogP contribution in [0.4, 0.5) is 0 Å². The van der Waals surface area contributed by atoms with Crippen molar-refractivity contribution in [3.05, 3.63) is 0 Å². The smallest absolute Gasteiger partial charge is 0.233 e. The Hall–Kier alpha value is -0.650. The maximum absolute atomic E-state index is 10.9. The van der Waals surface area contributed by atoms with Crippen molar-refractivity contribution in [1.82, 2.24) is 15.5 Å². The molecule has 1 heterocycles. The summed E-state index contributed by atoms with van der Waals surface area (Å²) in [6, 6.07) is 0. The lowest BCUT2D eigenvalue weighted by molar-refractivity contribution is -0.119. The van der Waals surface area contributed by atoms with Gasteiger partial charge in [-0.25, -0.2) is 0 Å². The fraction of sp³-hybridized carbons (Fsp3) is 0.889. The van der Waals surface area contributed by atoms with Gasteiger partial charge in [-0.05, 0) is 0 Å². The lowest BCUT2D eigenvalue weighted by atomic mass is 10.4. The zero-order valence-electron chi connectivity index (χ0n) is 8.71. The van der Waals surface area contributed by atoms with Crippen molar-refractivity contribution in [2.75, 3.05) is 53.0 Å². The van der Waals surface area contributed by atoms with E-state index in [1.807, 2.05) is 0 Å². The molecule has 82 valence electrons. The van der Waals surface area contributed by atoms with Crippen molar-refractivity contribution in [1.29, 1.82) is 0 Å². The van der Waals surface area contributed by atoms with E-state index in [2.05, 4.69) is 15.5 Å². The van der Waals surface area contributed by atoms with Gasteiger partial charge in [0, 0.05) is 33.2 Å². The maximum atomic E-state index is 10.9. The standard InChI is InChI=1S/C9H19N3O2/c1-10-9(13)8-11-2-3-12-4-6-14-7-5-12/h11H,2-8H2,1H3,(H,10,13). The van der Waals surface area contributed by atoms with Gasteiger partial charge >= 0.3 is 0 Å². The Morgan fingerprint density at radius 2 is 2.14 bits per heavy atom. The first-order chi connectivity index (χ1) is 6.83. The number of nitrogens with zero attached hydrogens (tertiary/aromatic N) is 1. The molecule has 1 saturated heterocycles. The van der Waals surface area contributed by atoms with Crippen molar-refractivity contribution < 1.29 is 9.53 Å². The summed E-state index contributed by atoms with van der Waals surface area (Å²) in [7, 11) is 1.64. The van der Waals surface area contributed by atoms with Gasteiger partial charge in [0.1, 0.15) is 0 Å². The van der Waals surface area contributed by atoms with E-state index < -0.39 is 0 Å². The monoisotopic (exact) mass is 201 g/mol. The van der Waals surface area contributed by atoms with Gasteiger partial charge in [0.25, 0.3) is 0 Å². The number of ether oxygens (including phenoxy) is 1. The van der Waals surface area contributed by atoms with E-state index in [-0.39, 0.29) is 5.91 Å². The Balaban J connectivity index is 1.94. The Kier molecular flexibility index (Phi) is 5.51. The maximum Gasteiger partial charge on any atom is 0.233 e. The first-order valence-corrected chi connectivity index (χ1v) is 5.04. The number of carbonyl (C=O) groups excluding carboxylic acids is 1. The summed E-state index contributed by atoms with van der Waals surface area (Å²) >= 11 is 0. The predicted molar refractivity (Wildman–Crippen MR) is 54.2 cm³/mol. The van der Waals surface area contributed by atoms with Crippen LogP contribution in [0, 0.1) is 0 Å². The molecule has 0 radical (unpaired) electrons. The first-order valence-electron chi connectivity index (χ1n) is 5.04. The summed E-state index contributed by atoms with van der Waals surface area (Å²) in [4.78, 5) is 13.2. The average molecular weight is 201 g/mol. The normalized spacial score (nSPS) is 18.1. The lowest BCUT2D eigenvalue weighted by Crippen LogP contribution is -2.41. The van der Waals surface area contributed by atoms with E-state index >= 15 is 0 Å². The zero-order valence-corrected chi connectivity index (χ0v) is 8.71. The van der Waals surface area contributed by atoms with Crippen LogP contribution in [-0.4, -0.2) is 63.8 Å². The molecule has 0 unspecified atom stereocenters. The molecule has 2 N–H and O–H groups in total. The number of amides is 1. The third kappa shape index (κ3) is 4.55. The number of hydrogen-bond acceptors (Lipinski definition) is 4. The summed E-state index contributed by atoms with van der Waals surface area (Å²) in [6.07, 6.45) is 0. The highest BCUT2D eigenvalue weighted by Gasteiger charge is 2.08. The van der Waals surface area contributed by atoms with Crippen molar-refractivity contribution >= 4 is 5.91 Å². The minimum absolute atomic E-state index is 0.0342. The Morgan fingerprint density at radius 3 is 2.79 bits per heavy atom. The lowest BCUT2D eigenvalue weighted by Gasteiger charge is -2.26. The second kappa shape index (κ2) is 6.75. The predicted octanol–water partition coefficient (Wildman–Crippen LogP) is -1.35. The summed E-state index contributed by atoms with van der Waals surface area (Å²) in [5.41, 5.74) is 0. The van der Waals surface area contributed by atoms with Crippen LogP contribution < -0.4 is 10.6 Å². The van der Waals surface area contributed by atoms with Crippen LogP contribution in [0.25, 0.3) is 0 Å². The Labute approximate surface area is 84.8 Å². The topological polar surface area (TPSA) is 53.6 Å². The van der Waals surface area contributed by atoms with Crippen molar-refractivity contribution in [2.24, 2.45) is 0 Å². The molecule has 5 heteroatoms. The van der Waals surface area contributed by atoms with Gasteiger partial charge in [-0.1, -0.05) is 0 Å². The number of carbonyl (C=O) groups is 1. The molecule has 1 aliphatic heterocycles. The number of rotatable bonds is 5. The molecule has 1 aliphatic rings. The highest BCUT2D eigenvalue weighted by atomic mass is 16.5. The van der Waals surface area contributed by atoms with Crippen molar-refractivity contribution in [2.45, 2.75) is 0 Å². The summed E-state index contributed by atoms with van der Waals surface area (Å²) in [5, 5.41) is 5.66. The highest BCUT2D eigenvalue weighted by molar-refractivity contribution is 5.77. The van der Waals surface area contributed by atoms with E-state index in [1.54, 1.807) is 7.05 Å². The van der Waals surface area contributed by atoms with Gasteiger partial charge in [-0.3, -0.25) is 9.69 Å². The van der Waals surface area contributed by atoms with E-state index in [9.17, 15) is 4.79 Å². The molecule has 5 nitrogen and oxygen atoms in total. The summed E-state index contributed by atoms with van der Waals surface area (Å²) < 4.78 is 5.24. The first kappa shape index (κ1) is 11.4. The number of nitrogens with one attached hydrogen (secondary N) is 2. The van der Waals surface area contributed by atoms with Gasteiger partial charge in [0.15, 0.2) is 0 Å². The fourth-order valence-corrected chi connectivity index (χ4v) is 1.35. The second-order valence-electron chi connectivity index (χ2n) is 3.30. The van der Waals surface area contributed by atoms with Gasteiger partial charge in [-0.15, -0.1) is 0 Å². The second-order valence-corrected chi connectivity index (χ2v) is 3.30. The van der Waals surface area contributed by atoms with Gasteiger partial charge < -0.3 is 15.4 Å². The van der Waals surface area contributed by atoms with Crippen LogP contribution in [0.5, 0.6) is 0 Å². The van der Waals surface area contributed by atoms with Crippen LogP contribution in [-0.2, 0) is 9.53 Å². The molecule has 0 aromatic heterocycles. The number of morpholine rings is 1. The van der Waals surface area contributed by atoms with Crippen molar-refractivity contribution in [3.8, 4) is 0 Å². The van der Waals surface area contributed by atoms with Crippen molar-refractivity contribution in [3.63, 3.8) is 0 Å². The van der Waals surface area contributed by atoms with Crippen LogP contribution in [0.15, 0.2) is 0 Å². The third-order valence-corrected chi connectivity index (χ3v) is 2.27. The third-order valence-electron chi connectivity index (χ3n) is 2.27. The quantitative estimate of drug-likeness (QED) is 0.540.